The van der Waals surface area contributed by atoms with Gasteiger partial charge in [0.1, 0.15) is 6.61 Å². The van der Waals surface area contributed by atoms with Crippen LogP contribution in [0, 0.1) is 0 Å². The van der Waals surface area contributed by atoms with Crippen molar-refractivity contribution >= 4 is 14.3 Å². The van der Waals surface area contributed by atoms with E-state index in [1.54, 1.807) is 6.92 Å². The normalized spacial score (nSPS) is 10.6. The van der Waals surface area contributed by atoms with Crippen LogP contribution in [0.25, 0.3) is 0 Å². The number of hydrogen-bond acceptors (Lipinski definition) is 4. The molecular formula is C3H7NO4P+. The topological polar surface area (TPSA) is 78.6 Å². The molecule has 0 saturated heterocycles. The molecule has 0 aliphatic heterocycles. The maximum atomic E-state index is 10.3. The Morgan fingerprint density at radius 1 is 1.78 bits per heavy atom. The first-order valence-electron chi connectivity index (χ1n) is 2.24. The van der Waals surface area contributed by atoms with E-state index < -0.39 is 14.3 Å². The van der Waals surface area contributed by atoms with Gasteiger partial charge in [-0.05, 0) is 6.92 Å². The monoisotopic (exact) mass is 152 g/mol. The molecule has 0 aliphatic carbocycles. The molecule has 9 heavy (non-hydrogen) atoms. The molecule has 0 aromatic heterocycles. The first-order chi connectivity index (χ1) is 4.16. The zero-order valence-corrected chi connectivity index (χ0v) is 5.76. The summed E-state index contributed by atoms with van der Waals surface area (Å²) in [5, 5.41) is 0. The van der Waals surface area contributed by atoms with Gasteiger partial charge >= 0.3 is 14.3 Å². The molecule has 52 valence electrons. The van der Waals surface area contributed by atoms with Crippen molar-refractivity contribution in [1.82, 2.24) is 0 Å². The highest BCUT2D eigenvalue weighted by atomic mass is 31.1. The lowest BCUT2D eigenvalue weighted by atomic mass is 10.9. The number of carbonyl (C=O) groups is 1. The summed E-state index contributed by atoms with van der Waals surface area (Å²) in [4.78, 5) is 9.82. The summed E-state index contributed by atoms with van der Waals surface area (Å²) in [6.45, 7) is 1.85. The highest BCUT2D eigenvalue weighted by Gasteiger charge is 2.22. The zero-order chi connectivity index (χ0) is 7.28. The van der Waals surface area contributed by atoms with E-state index in [0.717, 1.165) is 0 Å². The van der Waals surface area contributed by atoms with Gasteiger partial charge < -0.3 is 5.73 Å². The molecule has 1 amide bonds. The predicted molar refractivity (Wildman–Crippen MR) is 29.9 cm³/mol. The molecule has 0 bridgehead atoms. The Kier molecular flexibility index (Phi) is 3.92. The second-order valence-corrected chi connectivity index (χ2v) is 1.94. The first kappa shape index (κ1) is 8.33. The number of primary amides is 1. The third kappa shape index (κ3) is 5.20. The van der Waals surface area contributed by atoms with Gasteiger partial charge in [0.25, 0.3) is 0 Å². The molecule has 5 nitrogen and oxygen atoms in total. The van der Waals surface area contributed by atoms with Gasteiger partial charge in [0.05, 0.1) is 0 Å². The molecule has 0 fully saturated rings. The van der Waals surface area contributed by atoms with Crippen molar-refractivity contribution in [3.8, 4) is 0 Å². The van der Waals surface area contributed by atoms with Crippen LogP contribution in [-0.2, 0) is 13.6 Å². The van der Waals surface area contributed by atoms with E-state index >= 15 is 0 Å². The van der Waals surface area contributed by atoms with Crippen LogP contribution in [-0.4, -0.2) is 12.7 Å². The molecule has 6 heteroatoms. The minimum atomic E-state index is -2.34. The highest BCUT2D eigenvalue weighted by Crippen LogP contribution is 2.22. The van der Waals surface area contributed by atoms with E-state index in [1.807, 2.05) is 0 Å². The van der Waals surface area contributed by atoms with Crippen molar-refractivity contribution in [3.63, 3.8) is 0 Å². The van der Waals surface area contributed by atoms with Gasteiger partial charge in [0.15, 0.2) is 0 Å². The molecule has 1 unspecified atom stereocenters. The number of hydrogen-bond donors (Lipinski definition) is 1. The van der Waals surface area contributed by atoms with Crippen LogP contribution in [0.3, 0.4) is 0 Å². The fourth-order valence-electron chi connectivity index (χ4n) is 0.205. The predicted octanol–water partition coefficient (Wildman–Crippen LogP) is 0.776. The van der Waals surface area contributed by atoms with Gasteiger partial charge in [-0.25, -0.2) is 4.79 Å². The molecule has 0 rings (SSSR count). The van der Waals surface area contributed by atoms with Crippen molar-refractivity contribution in [3.05, 3.63) is 0 Å². The average molecular weight is 152 g/mol. The fraction of sp³-hybridized carbons (Fsp3) is 0.667. The maximum absolute atomic E-state index is 10.3. The van der Waals surface area contributed by atoms with E-state index in [2.05, 4.69) is 14.8 Å². The highest BCUT2D eigenvalue weighted by molar-refractivity contribution is 7.34. The lowest BCUT2D eigenvalue weighted by Crippen LogP contribution is -2.08. The minimum absolute atomic E-state index is 0.225. The van der Waals surface area contributed by atoms with Crippen LogP contribution < -0.4 is 5.73 Å². The Morgan fingerprint density at radius 2 is 2.33 bits per heavy atom. The van der Waals surface area contributed by atoms with Crippen LogP contribution >= 0.6 is 8.25 Å². The summed E-state index contributed by atoms with van der Waals surface area (Å²) in [7, 11) is -2.34. The summed E-state index contributed by atoms with van der Waals surface area (Å²) in [5.74, 6) is 0. The van der Waals surface area contributed by atoms with E-state index in [9.17, 15) is 9.36 Å². The molecule has 1 atom stereocenters. The van der Waals surface area contributed by atoms with Crippen molar-refractivity contribution in [2.75, 3.05) is 6.61 Å². The van der Waals surface area contributed by atoms with Gasteiger partial charge in [-0.3, -0.25) is 0 Å². The van der Waals surface area contributed by atoms with Crippen molar-refractivity contribution in [1.29, 1.82) is 0 Å². The largest absolute Gasteiger partial charge is 0.755 e. The number of rotatable bonds is 3. The maximum Gasteiger partial charge on any atom is 0.755 e. The second-order valence-electron chi connectivity index (χ2n) is 1.05. The fourth-order valence-corrected chi connectivity index (χ4v) is 0.616. The van der Waals surface area contributed by atoms with E-state index in [-0.39, 0.29) is 6.61 Å². The van der Waals surface area contributed by atoms with Gasteiger partial charge in [-0.15, -0.1) is 4.52 Å². The molecule has 0 saturated carbocycles. The Hall–Kier alpha value is -0.670. The van der Waals surface area contributed by atoms with Crippen LogP contribution in [0.1, 0.15) is 6.92 Å². The zero-order valence-electron chi connectivity index (χ0n) is 4.86. The van der Waals surface area contributed by atoms with Gasteiger partial charge in [-0.2, -0.15) is 4.52 Å². The number of amides is 1. The third-order valence-electron chi connectivity index (χ3n) is 0.399. The van der Waals surface area contributed by atoms with Crippen LogP contribution in [0.2, 0.25) is 0 Å². The summed E-state index contributed by atoms with van der Waals surface area (Å²) in [6, 6.07) is 0. The van der Waals surface area contributed by atoms with Crippen molar-refractivity contribution < 1.29 is 18.4 Å². The smallest absolute Gasteiger partial charge is 0.331 e. The van der Waals surface area contributed by atoms with Crippen molar-refractivity contribution in [2.24, 2.45) is 5.73 Å². The summed E-state index contributed by atoms with van der Waals surface area (Å²) in [6.07, 6.45) is -1.09. The Balaban J connectivity index is 3.39. The lowest BCUT2D eigenvalue weighted by molar-refractivity contribution is 0.199. The van der Waals surface area contributed by atoms with Crippen LogP contribution in [0.5, 0.6) is 0 Å². The molecule has 0 aliphatic rings. The van der Waals surface area contributed by atoms with Crippen LogP contribution in [0.15, 0.2) is 0 Å². The molecule has 2 N–H and O–H groups in total. The van der Waals surface area contributed by atoms with Gasteiger partial charge in [0.2, 0.25) is 0 Å². The van der Waals surface area contributed by atoms with Gasteiger partial charge in [0, 0.05) is 4.57 Å². The molecule has 0 heterocycles. The van der Waals surface area contributed by atoms with Crippen molar-refractivity contribution in [2.45, 2.75) is 6.92 Å². The molecule has 0 aromatic carbocycles. The van der Waals surface area contributed by atoms with E-state index in [0.29, 0.717) is 0 Å². The number of nitrogens with two attached hydrogens (primary N) is 1. The lowest BCUT2D eigenvalue weighted by Gasteiger charge is -1.79. The van der Waals surface area contributed by atoms with Gasteiger partial charge in [-0.1, -0.05) is 0 Å². The Morgan fingerprint density at radius 3 is 2.67 bits per heavy atom. The standard InChI is InChI=1S/C3H6NO4P/c1-2-7-9(6)8-3(4)5/h2H2,1H3,(H-,4,5)/p+1. The minimum Gasteiger partial charge on any atom is -0.331 e. The summed E-state index contributed by atoms with van der Waals surface area (Å²) in [5.41, 5.74) is 4.50. The average Bonchev–Trinajstić information content (AvgIpc) is 1.63. The first-order valence-corrected chi connectivity index (χ1v) is 3.34. The molecule has 0 aromatic rings. The SMILES string of the molecule is CCO[P+](=O)OC(N)=O. The Bertz CT molecular complexity index is 125. The van der Waals surface area contributed by atoms with E-state index in [4.69, 9.17) is 0 Å². The van der Waals surface area contributed by atoms with E-state index in [1.165, 1.54) is 0 Å². The molecule has 0 radical (unpaired) electrons. The summed E-state index contributed by atoms with van der Waals surface area (Å²) >= 11 is 0. The van der Waals surface area contributed by atoms with Crippen LogP contribution in [0.4, 0.5) is 4.79 Å². The third-order valence-corrected chi connectivity index (χ3v) is 1.20. The second kappa shape index (κ2) is 4.23. The molecule has 0 spiro atoms. The quantitative estimate of drug-likeness (QED) is 0.606. The Labute approximate surface area is 53.1 Å². The molecular weight excluding hydrogens is 145 g/mol. The summed E-state index contributed by atoms with van der Waals surface area (Å²) < 4.78 is 18.5. The number of carbonyl (C=O) groups excluding carboxylic acids is 1.